The maximum Gasteiger partial charge on any atom is 0.234 e. The number of thiol groups is 1. The highest BCUT2D eigenvalue weighted by Gasteiger charge is 2.09. The Morgan fingerprint density at radius 3 is 2.78 bits per heavy atom. The Morgan fingerprint density at radius 1 is 1.33 bits per heavy atom. The van der Waals surface area contributed by atoms with Crippen molar-refractivity contribution in [2.75, 3.05) is 7.11 Å². The molecule has 0 radical (unpaired) electrons. The molecule has 0 aliphatic carbocycles. The van der Waals surface area contributed by atoms with Crippen molar-refractivity contribution in [3.8, 4) is 11.6 Å². The molecule has 0 aliphatic rings. The summed E-state index contributed by atoms with van der Waals surface area (Å²) in [6, 6.07) is 7.78. The summed E-state index contributed by atoms with van der Waals surface area (Å²) in [7, 11) is 1.67. The van der Waals surface area contributed by atoms with Crippen LogP contribution in [0.2, 0.25) is 0 Å². The number of hydrogen-bond donors (Lipinski definition) is 1. The highest BCUT2D eigenvalue weighted by molar-refractivity contribution is 7.78. The molecule has 4 nitrogen and oxygen atoms in total. The molecule has 5 heteroatoms. The van der Waals surface area contributed by atoms with Crippen molar-refractivity contribution in [1.29, 1.82) is 0 Å². The molecule has 96 valence electrons. The van der Waals surface area contributed by atoms with Crippen LogP contribution in [-0.4, -0.2) is 16.3 Å². The van der Waals surface area contributed by atoms with E-state index in [0.29, 0.717) is 12.5 Å². The molecule has 0 amide bonds. The second-order valence-electron chi connectivity index (χ2n) is 3.81. The van der Waals surface area contributed by atoms with Crippen molar-refractivity contribution >= 4 is 12.8 Å². The monoisotopic (exact) mass is 264 g/mol. The van der Waals surface area contributed by atoms with Gasteiger partial charge in [0.2, 0.25) is 5.88 Å². The third kappa shape index (κ3) is 2.79. The van der Waals surface area contributed by atoms with E-state index in [1.54, 1.807) is 19.4 Å². The molecule has 1 heterocycles. The maximum atomic E-state index is 5.64. The van der Waals surface area contributed by atoms with Gasteiger partial charge >= 0.3 is 0 Å². The Morgan fingerprint density at radius 2 is 2.17 bits per heavy atom. The van der Waals surface area contributed by atoms with Gasteiger partial charge in [0.05, 0.1) is 7.11 Å². The van der Waals surface area contributed by atoms with Gasteiger partial charge in [-0.05, 0) is 30.9 Å². The lowest BCUT2D eigenvalue weighted by molar-refractivity contribution is 0.283. The first-order valence-corrected chi connectivity index (χ1v) is 6.17. The van der Waals surface area contributed by atoms with Gasteiger partial charge in [-0.15, -0.1) is 5.10 Å². The predicted octanol–water partition coefficient (Wildman–Crippen LogP) is 2.73. The van der Waals surface area contributed by atoms with Crippen molar-refractivity contribution in [3.05, 3.63) is 41.6 Å². The Kier molecular flexibility index (Phi) is 4.15. The first-order valence-electron chi connectivity index (χ1n) is 5.77. The highest BCUT2D eigenvalue weighted by Crippen LogP contribution is 2.24. The summed E-state index contributed by atoms with van der Waals surface area (Å²) >= 11 is 4.06. The minimum absolute atomic E-state index is 0.442. The zero-order chi connectivity index (χ0) is 13.0. The van der Waals surface area contributed by atoms with E-state index in [1.165, 1.54) is 9.65 Å². The molecular formula is C13H16N2O2S. The van der Waals surface area contributed by atoms with Gasteiger partial charge in [-0.3, -0.25) is 0 Å². The van der Waals surface area contributed by atoms with Crippen LogP contribution in [0.4, 0.5) is 0 Å². The Hall–Kier alpha value is -1.62. The minimum atomic E-state index is 0.442. The number of aromatic nitrogens is 2. The largest absolute Gasteiger partial charge is 0.496 e. The van der Waals surface area contributed by atoms with Crippen LogP contribution in [0.5, 0.6) is 11.6 Å². The number of rotatable bonds is 5. The van der Waals surface area contributed by atoms with Gasteiger partial charge in [-0.1, -0.05) is 19.1 Å². The molecule has 0 saturated carbocycles. The van der Waals surface area contributed by atoms with Crippen molar-refractivity contribution < 1.29 is 9.47 Å². The third-order valence-electron chi connectivity index (χ3n) is 2.75. The molecule has 1 aromatic carbocycles. The molecule has 0 saturated heterocycles. The van der Waals surface area contributed by atoms with Crippen LogP contribution >= 0.6 is 12.8 Å². The summed E-state index contributed by atoms with van der Waals surface area (Å²) in [6.45, 7) is 2.55. The first-order chi connectivity index (χ1) is 8.74. The van der Waals surface area contributed by atoms with Crippen LogP contribution in [0.25, 0.3) is 0 Å². The predicted molar refractivity (Wildman–Crippen MR) is 73.3 cm³/mol. The molecule has 2 rings (SSSR count). The van der Waals surface area contributed by atoms with Gasteiger partial charge in [0, 0.05) is 17.8 Å². The van der Waals surface area contributed by atoms with Crippen molar-refractivity contribution in [3.63, 3.8) is 0 Å². The van der Waals surface area contributed by atoms with Gasteiger partial charge in [0.1, 0.15) is 12.4 Å². The fourth-order valence-electron chi connectivity index (χ4n) is 1.82. The molecule has 1 aromatic heterocycles. The van der Waals surface area contributed by atoms with E-state index in [-0.39, 0.29) is 0 Å². The smallest absolute Gasteiger partial charge is 0.234 e. The summed E-state index contributed by atoms with van der Waals surface area (Å²) in [4.78, 5) is 0. The van der Waals surface area contributed by atoms with E-state index < -0.39 is 0 Å². The minimum Gasteiger partial charge on any atom is -0.496 e. The number of benzene rings is 1. The van der Waals surface area contributed by atoms with E-state index in [4.69, 9.17) is 9.47 Å². The lowest BCUT2D eigenvalue weighted by Crippen LogP contribution is -2.03. The lowest BCUT2D eigenvalue weighted by Gasteiger charge is -2.12. The van der Waals surface area contributed by atoms with Crippen LogP contribution in [-0.2, 0) is 13.0 Å². The Balaban J connectivity index is 2.17. The van der Waals surface area contributed by atoms with Gasteiger partial charge < -0.3 is 9.47 Å². The average molecular weight is 264 g/mol. The molecule has 0 spiro atoms. The van der Waals surface area contributed by atoms with Crippen LogP contribution in [0, 0.1) is 0 Å². The average Bonchev–Trinajstić information content (AvgIpc) is 2.81. The van der Waals surface area contributed by atoms with Crippen molar-refractivity contribution in [1.82, 2.24) is 9.19 Å². The highest BCUT2D eigenvalue weighted by atomic mass is 32.1. The van der Waals surface area contributed by atoms with Crippen LogP contribution in [0.1, 0.15) is 18.1 Å². The zero-order valence-electron chi connectivity index (χ0n) is 10.5. The number of ether oxygens (including phenoxy) is 2. The van der Waals surface area contributed by atoms with Gasteiger partial charge in [0.15, 0.2) is 0 Å². The first kappa shape index (κ1) is 12.8. The summed E-state index contributed by atoms with van der Waals surface area (Å²) in [5, 5.41) is 4.05. The SMILES string of the molecule is CCc1cccc(OC)c1COc1ccn(S)n1. The van der Waals surface area contributed by atoms with E-state index in [2.05, 4.69) is 30.9 Å². The number of methoxy groups -OCH3 is 1. The molecule has 0 bridgehead atoms. The van der Waals surface area contributed by atoms with Gasteiger partial charge in [-0.25, -0.2) is 4.09 Å². The van der Waals surface area contributed by atoms with Crippen molar-refractivity contribution in [2.24, 2.45) is 0 Å². The van der Waals surface area contributed by atoms with E-state index in [0.717, 1.165) is 17.7 Å². The number of aryl methyl sites for hydroxylation is 1. The molecule has 0 atom stereocenters. The molecule has 0 aliphatic heterocycles. The normalized spacial score (nSPS) is 10.4. The topological polar surface area (TPSA) is 36.3 Å². The van der Waals surface area contributed by atoms with Crippen LogP contribution in [0.15, 0.2) is 30.5 Å². The third-order valence-corrected chi connectivity index (χ3v) is 2.97. The van der Waals surface area contributed by atoms with Crippen LogP contribution < -0.4 is 9.47 Å². The fraction of sp³-hybridized carbons (Fsp3) is 0.308. The summed E-state index contributed by atoms with van der Waals surface area (Å²) in [6.07, 6.45) is 2.66. The van der Waals surface area contributed by atoms with E-state index in [1.807, 2.05) is 12.1 Å². The maximum absolute atomic E-state index is 5.64. The Labute approximate surface area is 112 Å². The second kappa shape index (κ2) is 5.82. The summed E-state index contributed by atoms with van der Waals surface area (Å²) in [5.74, 6) is 1.40. The zero-order valence-corrected chi connectivity index (χ0v) is 11.4. The Bertz CT molecular complexity index is 503. The molecule has 0 unspecified atom stereocenters. The summed E-state index contributed by atoms with van der Waals surface area (Å²) < 4.78 is 12.4. The standard InChI is InChI=1S/C13H16N2O2S/c1-3-10-5-4-6-12(16-2)11(10)9-17-13-7-8-15(18)14-13/h4-8,18H,3,9H2,1-2H3. The number of nitrogens with zero attached hydrogens (tertiary/aromatic N) is 2. The van der Waals surface area contributed by atoms with Crippen molar-refractivity contribution in [2.45, 2.75) is 20.0 Å². The fourth-order valence-corrected chi connectivity index (χ4v) is 1.97. The lowest BCUT2D eigenvalue weighted by atomic mass is 10.0. The molecule has 0 N–H and O–H groups in total. The quantitative estimate of drug-likeness (QED) is 0.844. The van der Waals surface area contributed by atoms with Gasteiger partial charge in [0.25, 0.3) is 0 Å². The van der Waals surface area contributed by atoms with E-state index in [9.17, 15) is 0 Å². The van der Waals surface area contributed by atoms with Gasteiger partial charge in [-0.2, -0.15) is 0 Å². The molecular weight excluding hydrogens is 248 g/mol. The van der Waals surface area contributed by atoms with Crippen LogP contribution in [0.3, 0.4) is 0 Å². The van der Waals surface area contributed by atoms with E-state index >= 15 is 0 Å². The molecule has 18 heavy (non-hydrogen) atoms. The molecule has 0 fully saturated rings. The summed E-state index contributed by atoms with van der Waals surface area (Å²) in [5.41, 5.74) is 2.29. The molecule has 2 aromatic rings. The number of hydrogen-bond acceptors (Lipinski definition) is 4. The second-order valence-corrected chi connectivity index (χ2v) is 4.22.